The van der Waals surface area contributed by atoms with Gasteiger partial charge in [0.1, 0.15) is 17.2 Å². The van der Waals surface area contributed by atoms with Gasteiger partial charge in [-0.2, -0.15) is 0 Å². The second-order valence-electron chi connectivity index (χ2n) is 9.56. The van der Waals surface area contributed by atoms with Crippen molar-refractivity contribution < 1.29 is 14.3 Å². The molecule has 3 aromatic heterocycles. The summed E-state index contributed by atoms with van der Waals surface area (Å²) in [6.07, 6.45) is 2.87. The largest absolute Gasteiger partial charge is 0.417 e. The van der Waals surface area contributed by atoms with Gasteiger partial charge in [0.25, 0.3) is 0 Å². The smallest absolute Gasteiger partial charge is 0.410 e. The first-order valence-electron chi connectivity index (χ1n) is 12.3. The van der Waals surface area contributed by atoms with Crippen LogP contribution in [0.3, 0.4) is 0 Å². The Balaban J connectivity index is 1.37. The number of carbonyl (C=O) groups is 2. The number of aryl methyl sites for hydroxylation is 1. The molecule has 0 unspecified atom stereocenters. The molecule has 37 heavy (non-hydrogen) atoms. The number of fused-ring (bicyclic) bond motifs is 1. The number of H-pyrrole nitrogens is 1. The molecule has 0 saturated carbocycles. The Kier molecular flexibility index (Phi) is 6.52. The number of nitrogens with one attached hydrogen (secondary N) is 2. The van der Waals surface area contributed by atoms with Crippen molar-refractivity contribution in [3.05, 3.63) is 66.5 Å². The van der Waals surface area contributed by atoms with Crippen LogP contribution >= 0.6 is 0 Å². The normalized spacial score (nSPS) is 17.6. The van der Waals surface area contributed by atoms with Gasteiger partial charge < -0.3 is 19.5 Å². The Labute approximate surface area is 215 Å². The van der Waals surface area contributed by atoms with Crippen LogP contribution in [0.15, 0.2) is 60.9 Å². The van der Waals surface area contributed by atoms with Crippen molar-refractivity contribution in [2.75, 3.05) is 23.3 Å². The van der Waals surface area contributed by atoms with Crippen LogP contribution < -0.4 is 15.0 Å². The van der Waals surface area contributed by atoms with E-state index in [1.807, 2.05) is 54.4 Å². The average molecular weight is 499 g/mol. The van der Waals surface area contributed by atoms with E-state index in [9.17, 15) is 9.59 Å². The number of amides is 2. The maximum atomic E-state index is 12.4. The van der Waals surface area contributed by atoms with E-state index < -0.39 is 6.09 Å². The molecule has 4 heterocycles. The molecule has 1 saturated heterocycles. The molecule has 0 bridgehead atoms. The quantitative estimate of drug-likeness (QED) is 0.411. The highest BCUT2D eigenvalue weighted by molar-refractivity contribution is 5.96. The highest BCUT2D eigenvalue weighted by Crippen LogP contribution is 2.30. The van der Waals surface area contributed by atoms with Crippen LogP contribution in [-0.4, -0.2) is 57.0 Å². The minimum Gasteiger partial charge on any atom is -0.410 e. The lowest BCUT2D eigenvalue weighted by Gasteiger charge is -2.44. The van der Waals surface area contributed by atoms with Gasteiger partial charge in [0.2, 0.25) is 5.91 Å². The number of benzene rings is 1. The summed E-state index contributed by atoms with van der Waals surface area (Å²) in [5.74, 6) is 1.42. The zero-order valence-corrected chi connectivity index (χ0v) is 21.4. The summed E-state index contributed by atoms with van der Waals surface area (Å²) >= 11 is 0. The number of carbonyl (C=O) groups excluding carboxylic acids is 2. The van der Waals surface area contributed by atoms with Crippen LogP contribution in [0.5, 0.6) is 5.75 Å². The molecule has 2 atom stereocenters. The summed E-state index contributed by atoms with van der Waals surface area (Å²) in [6.45, 7) is 9.16. The molecule has 9 heteroatoms. The summed E-state index contributed by atoms with van der Waals surface area (Å²) < 4.78 is 5.38. The molecule has 5 rings (SSSR count). The van der Waals surface area contributed by atoms with E-state index in [2.05, 4.69) is 34.0 Å². The molecular formula is C28H30N6O3. The zero-order chi connectivity index (χ0) is 26.1. The summed E-state index contributed by atoms with van der Waals surface area (Å²) in [5, 5.41) is 3.59. The molecule has 9 nitrogen and oxygen atoms in total. The fourth-order valence-electron chi connectivity index (χ4n) is 5.02. The van der Waals surface area contributed by atoms with E-state index in [0.29, 0.717) is 30.2 Å². The van der Waals surface area contributed by atoms with Crippen LogP contribution in [0.2, 0.25) is 0 Å². The van der Waals surface area contributed by atoms with Crippen molar-refractivity contribution in [1.29, 1.82) is 0 Å². The Morgan fingerprint density at radius 1 is 1.08 bits per heavy atom. The van der Waals surface area contributed by atoms with E-state index in [4.69, 9.17) is 9.72 Å². The number of rotatable bonds is 4. The van der Waals surface area contributed by atoms with Crippen molar-refractivity contribution in [2.24, 2.45) is 0 Å². The summed E-state index contributed by atoms with van der Waals surface area (Å²) in [6, 6.07) is 15.2. The summed E-state index contributed by atoms with van der Waals surface area (Å²) in [4.78, 5) is 41.2. The lowest BCUT2D eigenvalue weighted by atomic mass is 10.1. The van der Waals surface area contributed by atoms with Gasteiger partial charge in [-0.05, 0) is 51.1 Å². The first-order valence-corrected chi connectivity index (χ1v) is 12.3. The number of ether oxygens (including phenoxy) is 1. The standard InChI is InChI=1S/C28H30N6O3/c1-17-8-10-22(11-9-17)37-28(36)31-21-12-23-24(14-30-27(23)29-13-21)25-6-5-7-26(32-25)33-15-18(2)34(20(4)35)19(3)16-33/h5-14,18-19H,15-16H2,1-4H3,(H,29,30)(H,31,36)/t18-,19+. The first kappa shape index (κ1) is 24.3. The summed E-state index contributed by atoms with van der Waals surface area (Å²) in [7, 11) is 0. The highest BCUT2D eigenvalue weighted by Gasteiger charge is 2.31. The Bertz CT molecular complexity index is 1440. The molecule has 1 aliphatic rings. The maximum Gasteiger partial charge on any atom is 0.417 e. The second-order valence-corrected chi connectivity index (χ2v) is 9.56. The van der Waals surface area contributed by atoms with Gasteiger partial charge in [-0.1, -0.05) is 23.8 Å². The third-order valence-electron chi connectivity index (χ3n) is 6.63. The Morgan fingerprint density at radius 2 is 1.81 bits per heavy atom. The lowest BCUT2D eigenvalue weighted by Crippen LogP contribution is -2.58. The summed E-state index contributed by atoms with van der Waals surface area (Å²) in [5.41, 5.74) is 3.96. The van der Waals surface area contributed by atoms with Gasteiger partial charge in [0, 0.05) is 49.2 Å². The van der Waals surface area contributed by atoms with Crippen molar-refractivity contribution in [1.82, 2.24) is 19.9 Å². The molecule has 0 radical (unpaired) electrons. The van der Waals surface area contributed by atoms with E-state index in [-0.39, 0.29) is 18.0 Å². The van der Waals surface area contributed by atoms with E-state index in [1.54, 1.807) is 25.3 Å². The molecule has 1 aromatic carbocycles. The lowest BCUT2D eigenvalue weighted by molar-refractivity contribution is -0.133. The molecular weight excluding hydrogens is 468 g/mol. The van der Waals surface area contributed by atoms with Gasteiger partial charge in [-0.15, -0.1) is 0 Å². The number of piperazine rings is 1. The van der Waals surface area contributed by atoms with Gasteiger partial charge in [-0.25, -0.2) is 14.8 Å². The van der Waals surface area contributed by atoms with Crippen molar-refractivity contribution in [2.45, 2.75) is 39.8 Å². The third kappa shape index (κ3) is 5.11. The first-order chi connectivity index (χ1) is 17.8. The van der Waals surface area contributed by atoms with E-state index in [1.165, 1.54) is 0 Å². The minimum absolute atomic E-state index is 0.0947. The molecule has 4 aromatic rings. The number of pyridine rings is 2. The monoisotopic (exact) mass is 498 g/mol. The number of anilines is 2. The highest BCUT2D eigenvalue weighted by atomic mass is 16.6. The van der Waals surface area contributed by atoms with Gasteiger partial charge >= 0.3 is 6.09 Å². The predicted octanol–water partition coefficient (Wildman–Crippen LogP) is 4.99. The van der Waals surface area contributed by atoms with Gasteiger partial charge in [0.05, 0.1) is 17.6 Å². The van der Waals surface area contributed by atoms with E-state index >= 15 is 0 Å². The number of aromatic nitrogens is 3. The Morgan fingerprint density at radius 3 is 2.51 bits per heavy atom. The van der Waals surface area contributed by atoms with Gasteiger partial charge in [-0.3, -0.25) is 10.1 Å². The van der Waals surface area contributed by atoms with Crippen LogP contribution in [0, 0.1) is 6.92 Å². The average Bonchev–Trinajstić information content (AvgIpc) is 3.28. The van der Waals surface area contributed by atoms with Crippen molar-refractivity contribution >= 4 is 34.5 Å². The molecule has 2 N–H and O–H groups in total. The van der Waals surface area contributed by atoms with Crippen LogP contribution in [0.25, 0.3) is 22.3 Å². The topological polar surface area (TPSA) is 103 Å². The van der Waals surface area contributed by atoms with Crippen LogP contribution in [0.1, 0.15) is 26.3 Å². The number of hydrogen-bond donors (Lipinski definition) is 2. The zero-order valence-electron chi connectivity index (χ0n) is 21.4. The minimum atomic E-state index is -0.588. The number of hydrogen-bond acceptors (Lipinski definition) is 6. The van der Waals surface area contributed by atoms with Crippen LogP contribution in [-0.2, 0) is 4.79 Å². The fraction of sp³-hybridized carbons (Fsp3) is 0.286. The number of nitrogens with zero attached hydrogens (tertiary/aromatic N) is 4. The fourth-order valence-corrected chi connectivity index (χ4v) is 5.02. The maximum absolute atomic E-state index is 12.4. The molecule has 1 aliphatic heterocycles. The van der Waals surface area contributed by atoms with Gasteiger partial charge in [0.15, 0.2) is 0 Å². The number of aromatic amines is 1. The molecule has 190 valence electrons. The third-order valence-corrected chi connectivity index (χ3v) is 6.63. The van der Waals surface area contributed by atoms with Crippen molar-refractivity contribution in [3.8, 4) is 17.0 Å². The SMILES string of the molecule is CC(=O)N1[C@H](C)CN(c2cccc(-c3c[nH]c4ncc(NC(=O)Oc5ccc(C)cc5)cc34)n2)C[C@@H]1C. The predicted molar refractivity (Wildman–Crippen MR) is 144 cm³/mol. The van der Waals surface area contributed by atoms with E-state index in [0.717, 1.165) is 28.0 Å². The molecule has 1 fully saturated rings. The Hall–Kier alpha value is -4.40. The van der Waals surface area contributed by atoms with Crippen LogP contribution in [0.4, 0.5) is 16.3 Å². The molecule has 2 amide bonds. The van der Waals surface area contributed by atoms with Crippen molar-refractivity contribution in [3.63, 3.8) is 0 Å². The second kappa shape index (κ2) is 9.93. The molecule has 0 spiro atoms. The molecule has 0 aliphatic carbocycles.